The first-order chi connectivity index (χ1) is 16.2. The number of aryl methyl sites for hydroxylation is 2. The minimum absolute atomic E-state index is 0.0498. The smallest absolute Gasteiger partial charge is 0.244 e. The second kappa shape index (κ2) is 12.1. The van der Waals surface area contributed by atoms with Crippen LogP contribution in [0.25, 0.3) is 0 Å². The molecule has 0 fully saturated rings. The molecule has 2 aromatic carbocycles. The molecule has 0 heterocycles. The molecule has 0 aromatic heterocycles. The molecular formula is C25H33Cl2N3O4S. The zero-order valence-corrected chi connectivity index (χ0v) is 23.3. The lowest BCUT2D eigenvalue weighted by Crippen LogP contribution is -2.53. The van der Waals surface area contributed by atoms with Crippen LogP contribution >= 0.6 is 23.2 Å². The number of hydrogen-bond donors (Lipinski definition) is 1. The van der Waals surface area contributed by atoms with Gasteiger partial charge in [0, 0.05) is 28.2 Å². The summed E-state index contributed by atoms with van der Waals surface area (Å²) in [6, 6.07) is 9.34. The fourth-order valence-corrected chi connectivity index (χ4v) is 5.21. The van der Waals surface area contributed by atoms with E-state index < -0.39 is 28.5 Å². The molecule has 0 aliphatic heterocycles. The normalized spacial score (nSPS) is 12.4. The molecule has 0 aliphatic rings. The average Bonchev–Trinajstić information content (AvgIpc) is 2.71. The lowest BCUT2D eigenvalue weighted by atomic mass is 10.1. The average molecular weight is 543 g/mol. The maximum absolute atomic E-state index is 13.7. The molecule has 0 bridgehead atoms. The summed E-state index contributed by atoms with van der Waals surface area (Å²) < 4.78 is 26.5. The van der Waals surface area contributed by atoms with Crippen LogP contribution in [0.4, 0.5) is 5.69 Å². The lowest BCUT2D eigenvalue weighted by Gasteiger charge is -2.33. The van der Waals surface area contributed by atoms with Crippen molar-refractivity contribution < 1.29 is 18.0 Å². The summed E-state index contributed by atoms with van der Waals surface area (Å²) in [7, 11) is -3.81. The third-order valence-corrected chi connectivity index (χ3v) is 7.23. The van der Waals surface area contributed by atoms with Gasteiger partial charge in [-0.05, 0) is 69.5 Å². The number of hydrogen-bond acceptors (Lipinski definition) is 4. The van der Waals surface area contributed by atoms with E-state index in [0.717, 1.165) is 21.7 Å². The number of nitrogens with one attached hydrogen (secondary N) is 1. The van der Waals surface area contributed by atoms with Crippen molar-refractivity contribution in [2.24, 2.45) is 0 Å². The van der Waals surface area contributed by atoms with Crippen LogP contribution in [0.3, 0.4) is 0 Å². The van der Waals surface area contributed by atoms with Crippen LogP contribution in [-0.4, -0.2) is 50.0 Å². The van der Waals surface area contributed by atoms with E-state index in [4.69, 9.17) is 23.2 Å². The third kappa shape index (κ3) is 7.85. The Kier molecular flexibility index (Phi) is 10.0. The summed E-state index contributed by atoms with van der Waals surface area (Å²) in [6.07, 6.45) is 1.37. The second-order valence-electron chi connectivity index (χ2n) is 8.92. The van der Waals surface area contributed by atoms with E-state index in [1.807, 2.05) is 33.8 Å². The second-order valence-corrected chi connectivity index (χ2v) is 11.6. The maximum atomic E-state index is 13.7. The van der Waals surface area contributed by atoms with Gasteiger partial charge >= 0.3 is 0 Å². The van der Waals surface area contributed by atoms with Crippen molar-refractivity contribution in [3.05, 3.63) is 63.1 Å². The Hall–Kier alpha value is -2.29. The highest BCUT2D eigenvalue weighted by atomic mass is 35.5. The van der Waals surface area contributed by atoms with E-state index in [1.54, 1.807) is 37.3 Å². The Morgan fingerprint density at radius 2 is 1.57 bits per heavy atom. The fraction of sp³-hybridized carbons (Fsp3) is 0.440. The van der Waals surface area contributed by atoms with Crippen molar-refractivity contribution in [1.82, 2.24) is 10.2 Å². The van der Waals surface area contributed by atoms with Gasteiger partial charge in [-0.15, -0.1) is 0 Å². The predicted molar refractivity (Wildman–Crippen MR) is 142 cm³/mol. The van der Waals surface area contributed by atoms with Gasteiger partial charge in [0.05, 0.1) is 11.9 Å². The molecule has 192 valence electrons. The number of amides is 2. The molecule has 7 nitrogen and oxygen atoms in total. The van der Waals surface area contributed by atoms with Crippen molar-refractivity contribution in [2.75, 3.05) is 17.1 Å². The topological polar surface area (TPSA) is 86.8 Å². The van der Waals surface area contributed by atoms with E-state index in [2.05, 4.69) is 5.32 Å². The minimum atomic E-state index is -3.81. The molecule has 0 spiro atoms. The largest absolute Gasteiger partial charge is 0.352 e. The number of anilines is 1. The Bertz CT molecular complexity index is 1140. The Labute approximate surface area is 218 Å². The molecule has 2 amide bonds. The van der Waals surface area contributed by atoms with Crippen LogP contribution in [0.15, 0.2) is 36.4 Å². The summed E-state index contributed by atoms with van der Waals surface area (Å²) in [5.41, 5.74) is 2.60. The van der Waals surface area contributed by atoms with Crippen molar-refractivity contribution >= 4 is 50.7 Å². The summed E-state index contributed by atoms with van der Waals surface area (Å²) in [5.74, 6) is -0.882. The third-order valence-electron chi connectivity index (χ3n) is 5.38. The molecular weight excluding hydrogens is 509 g/mol. The molecule has 10 heteroatoms. The summed E-state index contributed by atoms with van der Waals surface area (Å²) in [4.78, 5) is 28.1. The maximum Gasteiger partial charge on any atom is 0.244 e. The quantitative estimate of drug-likeness (QED) is 0.471. The number of halogens is 2. The highest BCUT2D eigenvalue weighted by molar-refractivity contribution is 7.92. The van der Waals surface area contributed by atoms with Gasteiger partial charge in [0.2, 0.25) is 21.8 Å². The van der Waals surface area contributed by atoms with Gasteiger partial charge in [-0.2, -0.15) is 0 Å². The molecule has 35 heavy (non-hydrogen) atoms. The van der Waals surface area contributed by atoms with E-state index >= 15 is 0 Å². The van der Waals surface area contributed by atoms with E-state index in [9.17, 15) is 18.0 Å². The first kappa shape index (κ1) is 28.9. The van der Waals surface area contributed by atoms with E-state index in [0.29, 0.717) is 27.7 Å². The standard InChI is InChI=1S/C25H33Cl2N3O4S/c1-7-23(25(32)28-16(2)3)29(14-20-21(26)9-8-10-22(20)27)24(31)15-30(35(6,33)34)19-12-17(4)11-18(5)13-19/h8-13,16,23H,7,14-15H2,1-6H3,(H,28,32)/t23-/m1/s1. The molecule has 2 aromatic rings. The monoisotopic (exact) mass is 541 g/mol. The molecule has 0 aliphatic carbocycles. The van der Waals surface area contributed by atoms with Crippen LogP contribution in [0.5, 0.6) is 0 Å². The highest BCUT2D eigenvalue weighted by Gasteiger charge is 2.32. The first-order valence-electron chi connectivity index (χ1n) is 11.3. The van der Waals surface area contributed by atoms with Gasteiger partial charge in [-0.25, -0.2) is 8.42 Å². The minimum Gasteiger partial charge on any atom is -0.352 e. The van der Waals surface area contributed by atoms with Crippen molar-refractivity contribution in [3.8, 4) is 0 Å². The summed E-state index contributed by atoms with van der Waals surface area (Å²) >= 11 is 12.7. The van der Waals surface area contributed by atoms with E-state index in [-0.39, 0.29) is 18.5 Å². The van der Waals surface area contributed by atoms with E-state index in [1.165, 1.54) is 4.90 Å². The lowest BCUT2D eigenvalue weighted by molar-refractivity contribution is -0.140. The van der Waals surface area contributed by atoms with Gasteiger partial charge in [-0.3, -0.25) is 13.9 Å². The van der Waals surface area contributed by atoms with Crippen molar-refractivity contribution in [2.45, 2.75) is 59.7 Å². The van der Waals surface area contributed by atoms with Crippen LogP contribution in [-0.2, 0) is 26.2 Å². The first-order valence-corrected chi connectivity index (χ1v) is 13.9. The molecule has 1 atom stereocenters. The fourth-order valence-electron chi connectivity index (χ4n) is 3.86. The number of carbonyl (C=O) groups excluding carboxylic acids is 2. The highest BCUT2D eigenvalue weighted by Crippen LogP contribution is 2.28. The molecule has 0 radical (unpaired) electrons. The molecule has 0 saturated heterocycles. The predicted octanol–water partition coefficient (Wildman–Crippen LogP) is 4.71. The summed E-state index contributed by atoms with van der Waals surface area (Å²) in [6.45, 7) is 8.63. The van der Waals surface area contributed by atoms with Gasteiger partial charge in [0.1, 0.15) is 12.6 Å². The molecule has 0 saturated carbocycles. The Morgan fingerprint density at radius 3 is 2.03 bits per heavy atom. The van der Waals surface area contributed by atoms with Crippen LogP contribution < -0.4 is 9.62 Å². The molecule has 2 rings (SSSR count). The molecule has 0 unspecified atom stereocenters. The Morgan fingerprint density at radius 1 is 1.03 bits per heavy atom. The van der Waals surface area contributed by atoms with Crippen LogP contribution in [0, 0.1) is 13.8 Å². The zero-order valence-electron chi connectivity index (χ0n) is 20.9. The summed E-state index contributed by atoms with van der Waals surface area (Å²) in [5, 5.41) is 3.54. The number of rotatable bonds is 10. The van der Waals surface area contributed by atoms with Crippen molar-refractivity contribution in [1.29, 1.82) is 0 Å². The molecule has 1 N–H and O–H groups in total. The van der Waals surface area contributed by atoms with Gasteiger partial charge < -0.3 is 10.2 Å². The van der Waals surface area contributed by atoms with Crippen LogP contribution in [0.1, 0.15) is 43.9 Å². The van der Waals surface area contributed by atoms with Crippen LogP contribution in [0.2, 0.25) is 10.0 Å². The number of carbonyl (C=O) groups is 2. The van der Waals surface area contributed by atoms with Gasteiger partial charge in [0.15, 0.2) is 0 Å². The van der Waals surface area contributed by atoms with Gasteiger partial charge in [0.25, 0.3) is 0 Å². The SMILES string of the molecule is CC[C@H](C(=O)NC(C)C)N(Cc1c(Cl)cccc1Cl)C(=O)CN(c1cc(C)cc(C)c1)S(C)(=O)=O. The Balaban J connectivity index is 2.54. The van der Waals surface area contributed by atoms with Crippen molar-refractivity contribution in [3.63, 3.8) is 0 Å². The zero-order chi connectivity index (χ0) is 26.5. The van der Waals surface area contributed by atoms with Gasteiger partial charge in [-0.1, -0.05) is 42.3 Å². The number of nitrogens with zero attached hydrogens (tertiary/aromatic N) is 2. The number of benzene rings is 2. The number of sulfonamides is 1.